The number of likely N-dealkylation sites (tertiary alicyclic amines) is 1. The number of rotatable bonds is 4. The van der Waals surface area contributed by atoms with Crippen LogP contribution in [0.1, 0.15) is 25.0 Å². The average molecular weight is 298 g/mol. The summed E-state index contributed by atoms with van der Waals surface area (Å²) >= 11 is 3.41. The van der Waals surface area contributed by atoms with E-state index in [0.717, 1.165) is 35.6 Å². The Bertz CT molecular complexity index is 337. The van der Waals surface area contributed by atoms with Crippen molar-refractivity contribution >= 4 is 15.9 Å². The van der Waals surface area contributed by atoms with E-state index in [1.165, 1.54) is 25.9 Å². The Labute approximate surface area is 112 Å². The Morgan fingerprint density at radius 2 is 2.35 bits per heavy atom. The molecule has 0 aromatic carbocycles. The second kappa shape index (κ2) is 6.47. The second-order valence-corrected chi connectivity index (χ2v) is 5.70. The molecule has 17 heavy (non-hydrogen) atoms. The molecule has 1 aliphatic heterocycles. The van der Waals surface area contributed by atoms with Crippen molar-refractivity contribution in [3.8, 4) is 0 Å². The number of aromatic nitrogens is 1. The Morgan fingerprint density at radius 1 is 1.47 bits per heavy atom. The molecule has 2 rings (SSSR count). The number of hydrogen-bond acceptors (Lipinski definition) is 3. The molecule has 1 atom stereocenters. The molecule has 1 fully saturated rings. The molecule has 0 spiro atoms. The monoisotopic (exact) mass is 297 g/mol. The van der Waals surface area contributed by atoms with Gasteiger partial charge >= 0.3 is 0 Å². The van der Waals surface area contributed by atoms with Crippen molar-refractivity contribution in [1.29, 1.82) is 0 Å². The van der Waals surface area contributed by atoms with E-state index in [0.29, 0.717) is 0 Å². The topological polar surface area (TPSA) is 42.1 Å². The number of piperidine rings is 1. The zero-order valence-corrected chi connectivity index (χ0v) is 11.7. The number of nitrogens with zero attached hydrogens (tertiary/aromatic N) is 2. The first kappa shape index (κ1) is 13.0. The van der Waals surface area contributed by atoms with Gasteiger partial charge in [-0.05, 0) is 66.3 Å². The van der Waals surface area contributed by atoms with Gasteiger partial charge in [-0.1, -0.05) is 0 Å². The van der Waals surface area contributed by atoms with Crippen molar-refractivity contribution in [2.24, 2.45) is 11.7 Å². The molecular weight excluding hydrogens is 278 g/mol. The summed E-state index contributed by atoms with van der Waals surface area (Å²) in [6.45, 7) is 4.15. The van der Waals surface area contributed by atoms with Gasteiger partial charge in [0.25, 0.3) is 0 Å². The number of pyridine rings is 1. The minimum Gasteiger partial charge on any atom is -0.330 e. The lowest BCUT2D eigenvalue weighted by Crippen LogP contribution is -2.35. The smallest absolute Gasteiger partial charge is 0.0544 e. The molecule has 3 nitrogen and oxygen atoms in total. The molecule has 1 aromatic heterocycles. The summed E-state index contributed by atoms with van der Waals surface area (Å²) in [5, 5.41) is 0. The molecule has 0 bridgehead atoms. The lowest BCUT2D eigenvalue weighted by atomic mass is 9.95. The molecule has 4 heteroatoms. The fourth-order valence-corrected chi connectivity index (χ4v) is 2.73. The van der Waals surface area contributed by atoms with E-state index in [9.17, 15) is 0 Å². The van der Waals surface area contributed by atoms with Crippen LogP contribution in [-0.2, 0) is 6.54 Å². The Morgan fingerprint density at radius 3 is 3.06 bits per heavy atom. The highest BCUT2D eigenvalue weighted by molar-refractivity contribution is 9.10. The third-order valence-electron chi connectivity index (χ3n) is 3.35. The van der Waals surface area contributed by atoms with Gasteiger partial charge in [-0.2, -0.15) is 0 Å². The number of halogens is 1. The van der Waals surface area contributed by atoms with Gasteiger partial charge in [0, 0.05) is 23.8 Å². The maximum atomic E-state index is 5.64. The molecular formula is C13H20BrN3. The maximum absolute atomic E-state index is 5.64. The Hall–Kier alpha value is -0.450. The van der Waals surface area contributed by atoms with Crippen molar-refractivity contribution < 1.29 is 0 Å². The normalized spacial score (nSPS) is 21.6. The van der Waals surface area contributed by atoms with E-state index >= 15 is 0 Å². The first-order valence-electron chi connectivity index (χ1n) is 6.31. The van der Waals surface area contributed by atoms with E-state index in [1.54, 1.807) is 0 Å². The molecule has 0 radical (unpaired) electrons. The van der Waals surface area contributed by atoms with Gasteiger partial charge in [0.15, 0.2) is 0 Å². The molecule has 1 saturated heterocycles. The van der Waals surface area contributed by atoms with Gasteiger partial charge in [-0.25, -0.2) is 0 Å². The lowest BCUT2D eigenvalue weighted by molar-refractivity contribution is 0.161. The fourth-order valence-electron chi connectivity index (χ4n) is 2.50. The molecule has 2 N–H and O–H groups in total. The first-order valence-corrected chi connectivity index (χ1v) is 7.10. The van der Waals surface area contributed by atoms with Gasteiger partial charge in [-0.15, -0.1) is 0 Å². The third kappa shape index (κ3) is 4.05. The summed E-state index contributed by atoms with van der Waals surface area (Å²) < 4.78 is 1.04. The summed E-state index contributed by atoms with van der Waals surface area (Å²) in [4.78, 5) is 6.93. The highest BCUT2D eigenvalue weighted by Gasteiger charge is 2.19. The molecule has 0 saturated carbocycles. The summed E-state index contributed by atoms with van der Waals surface area (Å²) in [6, 6.07) is 4.15. The summed E-state index contributed by atoms with van der Waals surface area (Å²) in [7, 11) is 0. The highest BCUT2D eigenvalue weighted by atomic mass is 79.9. The van der Waals surface area contributed by atoms with Gasteiger partial charge in [0.1, 0.15) is 0 Å². The van der Waals surface area contributed by atoms with Crippen LogP contribution >= 0.6 is 15.9 Å². The molecule has 0 aliphatic carbocycles. The van der Waals surface area contributed by atoms with Crippen LogP contribution in [0.25, 0.3) is 0 Å². The van der Waals surface area contributed by atoms with Crippen molar-refractivity contribution in [3.63, 3.8) is 0 Å². The lowest BCUT2D eigenvalue weighted by Gasteiger charge is -2.32. The van der Waals surface area contributed by atoms with E-state index in [4.69, 9.17) is 5.73 Å². The summed E-state index contributed by atoms with van der Waals surface area (Å²) in [6.07, 6.45) is 5.66. The fraction of sp³-hybridized carbons (Fsp3) is 0.615. The number of nitrogens with two attached hydrogens (primary N) is 1. The quantitative estimate of drug-likeness (QED) is 0.928. The van der Waals surface area contributed by atoms with E-state index in [2.05, 4.69) is 37.9 Å². The molecule has 1 unspecified atom stereocenters. The van der Waals surface area contributed by atoms with Crippen molar-refractivity contribution in [2.45, 2.75) is 25.8 Å². The average Bonchev–Trinajstić information content (AvgIpc) is 2.33. The maximum Gasteiger partial charge on any atom is 0.0544 e. The van der Waals surface area contributed by atoms with Crippen LogP contribution in [0.4, 0.5) is 0 Å². The Balaban J connectivity index is 1.87. The van der Waals surface area contributed by atoms with Gasteiger partial charge < -0.3 is 5.73 Å². The summed E-state index contributed by atoms with van der Waals surface area (Å²) in [5.74, 6) is 0.782. The van der Waals surface area contributed by atoms with Crippen molar-refractivity contribution in [2.75, 3.05) is 19.6 Å². The zero-order valence-electron chi connectivity index (χ0n) is 10.1. The van der Waals surface area contributed by atoms with Gasteiger partial charge in [0.2, 0.25) is 0 Å². The molecule has 94 valence electrons. The molecule has 1 aliphatic rings. The molecule has 1 aromatic rings. The summed E-state index contributed by atoms with van der Waals surface area (Å²) in [5.41, 5.74) is 6.79. The molecule has 2 heterocycles. The second-order valence-electron chi connectivity index (χ2n) is 4.79. The largest absolute Gasteiger partial charge is 0.330 e. The van der Waals surface area contributed by atoms with Crippen LogP contribution in [0.5, 0.6) is 0 Å². The minimum atomic E-state index is 0.782. The van der Waals surface area contributed by atoms with Crippen molar-refractivity contribution in [1.82, 2.24) is 9.88 Å². The number of hydrogen-bond donors (Lipinski definition) is 1. The van der Waals surface area contributed by atoms with Crippen molar-refractivity contribution in [3.05, 3.63) is 28.5 Å². The predicted octanol–water partition coefficient (Wildman–Crippen LogP) is 2.40. The minimum absolute atomic E-state index is 0.782. The van der Waals surface area contributed by atoms with E-state index in [1.807, 2.05) is 6.20 Å². The van der Waals surface area contributed by atoms with Crippen LogP contribution in [0.3, 0.4) is 0 Å². The van der Waals surface area contributed by atoms with Gasteiger partial charge in [0.05, 0.1) is 5.69 Å². The van der Waals surface area contributed by atoms with Crippen LogP contribution < -0.4 is 5.73 Å². The van der Waals surface area contributed by atoms with E-state index < -0.39 is 0 Å². The first-order chi connectivity index (χ1) is 8.28. The van der Waals surface area contributed by atoms with Crippen LogP contribution in [0, 0.1) is 5.92 Å². The van der Waals surface area contributed by atoms with Crippen LogP contribution in [0.15, 0.2) is 22.8 Å². The van der Waals surface area contributed by atoms with Gasteiger partial charge in [-0.3, -0.25) is 9.88 Å². The SMILES string of the molecule is NCCC1CCCN(Cc2ccc(Br)cn2)C1. The molecule has 0 amide bonds. The predicted molar refractivity (Wildman–Crippen MR) is 73.6 cm³/mol. The third-order valence-corrected chi connectivity index (χ3v) is 3.82. The zero-order chi connectivity index (χ0) is 12.1. The van der Waals surface area contributed by atoms with Crippen LogP contribution in [-0.4, -0.2) is 29.5 Å². The van der Waals surface area contributed by atoms with E-state index in [-0.39, 0.29) is 0 Å². The Kier molecular flexibility index (Phi) is 4.95. The van der Waals surface area contributed by atoms with Crippen LogP contribution in [0.2, 0.25) is 0 Å². The highest BCUT2D eigenvalue weighted by Crippen LogP contribution is 2.20. The standard InChI is InChI=1S/C13H20BrN3/c14-12-3-4-13(16-8-12)10-17-7-1-2-11(9-17)5-6-15/h3-4,8,11H,1-2,5-7,9-10,15H2.